The van der Waals surface area contributed by atoms with Crippen LogP contribution in [-0.4, -0.2) is 62.4 Å². The molecule has 0 radical (unpaired) electrons. The van der Waals surface area contributed by atoms with E-state index in [4.69, 9.17) is 5.73 Å². The van der Waals surface area contributed by atoms with Gasteiger partial charge in [-0.1, -0.05) is 0 Å². The zero-order valence-electron chi connectivity index (χ0n) is 12.1. The Balaban J connectivity index is 2.29. The minimum absolute atomic E-state index is 0.0555. The smallest absolute Gasteiger partial charge is 0.253 e. The maximum atomic E-state index is 12.0. The minimum atomic E-state index is -0.0771. The van der Waals surface area contributed by atoms with Crippen molar-refractivity contribution in [1.82, 2.24) is 9.80 Å². The Hall–Kier alpha value is -2.24. The van der Waals surface area contributed by atoms with Crippen LogP contribution < -0.4 is 10.6 Å². The highest BCUT2D eigenvalue weighted by Crippen LogP contribution is 2.26. The molecule has 1 heterocycles. The third kappa shape index (κ3) is 2.68. The average Bonchev–Trinajstić information content (AvgIpc) is 2.41. The van der Waals surface area contributed by atoms with Crippen LogP contribution in [0.4, 0.5) is 11.4 Å². The van der Waals surface area contributed by atoms with Crippen molar-refractivity contribution in [2.75, 3.05) is 51.4 Å². The lowest BCUT2D eigenvalue weighted by atomic mass is 10.1. The van der Waals surface area contributed by atoms with Gasteiger partial charge in [-0.2, -0.15) is 0 Å². The molecule has 6 nitrogen and oxygen atoms in total. The zero-order chi connectivity index (χ0) is 14.9. The molecule has 1 aromatic carbocycles. The topological polar surface area (TPSA) is 69.9 Å². The van der Waals surface area contributed by atoms with Crippen LogP contribution in [0.2, 0.25) is 0 Å². The van der Waals surface area contributed by atoms with Gasteiger partial charge in [0.15, 0.2) is 0 Å². The molecule has 1 aliphatic rings. The van der Waals surface area contributed by atoms with E-state index in [0.29, 0.717) is 30.9 Å². The van der Waals surface area contributed by atoms with Gasteiger partial charge in [-0.15, -0.1) is 0 Å². The van der Waals surface area contributed by atoms with Crippen LogP contribution in [0.5, 0.6) is 0 Å². The van der Waals surface area contributed by atoms with E-state index in [1.54, 1.807) is 44.2 Å². The molecule has 2 rings (SSSR count). The zero-order valence-corrected chi connectivity index (χ0v) is 12.1. The van der Waals surface area contributed by atoms with Crippen molar-refractivity contribution < 1.29 is 9.59 Å². The van der Waals surface area contributed by atoms with Crippen LogP contribution >= 0.6 is 0 Å². The first kappa shape index (κ1) is 14.2. The number of benzene rings is 1. The number of likely N-dealkylation sites (N-methyl/N-ethyl adjacent to an activating group) is 1. The second-order valence-electron chi connectivity index (χ2n) is 5.21. The molecule has 0 aliphatic carbocycles. The molecule has 0 unspecified atom stereocenters. The monoisotopic (exact) mass is 276 g/mol. The fraction of sp³-hybridized carbons (Fsp3) is 0.429. The number of anilines is 2. The quantitative estimate of drug-likeness (QED) is 0.786. The largest absolute Gasteiger partial charge is 0.397 e. The fourth-order valence-electron chi connectivity index (χ4n) is 2.17. The van der Waals surface area contributed by atoms with Crippen molar-refractivity contribution in [3.05, 3.63) is 23.8 Å². The molecule has 108 valence electrons. The first-order valence-corrected chi connectivity index (χ1v) is 6.50. The molecular weight excluding hydrogens is 256 g/mol. The van der Waals surface area contributed by atoms with Crippen LogP contribution in [0.1, 0.15) is 10.4 Å². The second kappa shape index (κ2) is 5.40. The number of nitrogens with zero attached hydrogens (tertiary/aromatic N) is 3. The Morgan fingerprint density at radius 1 is 1.30 bits per heavy atom. The summed E-state index contributed by atoms with van der Waals surface area (Å²) >= 11 is 0. The van der Waals surface area contributed by atoms with Gasteiger partial charge in [0.2, 0.25) is 5.91 Å². The number of hydrogen-bond acceptors (Lipinski definition) is 4. The summed E-state index contributed by atoms with van der Waals surface area (Å²) in [7, 11) is 5.20. The molecule has 2 N–H and O–H groups in total. The SMILES string of the molecule is CN(C)C(=O)c1ccc(N)c(N2CCN(C)C(=O)C2)c1. The Kier molecular flexibility index (Phi) is 3.83. The number of carbonyl (C=O) groups excluding carboxylic acids is 2. The van der Waals surface area contributed by atoms with E-state index in [-0.39, 0.29) is 11.8 Å². The molecule has 1 fully saturated rings. The normalized spacial score (nSPS) is 15.4. The number of piperazine rings is 1. The van der Waals surface area contributed by atoms with Crippen molar-refractivity contribution in [2.24, 2.45) is 0 Å². The van der Waals surface area contributed by atoms with Crippen molar-refractivity contribution in [3.8, 4) is 0 Å². The van der Waals surface area contributed by atoms with Gasteiger partial charge in [-0.25, -0.2) is 0 Å². The van der Waals surface area contributed by atoms with Crippen molar-refractivity contribution in [2.45, 2.75) is 0 Å². The molecule has 1 aliphatic heterocycles. The molecular formula is C14H20N4O2. The van der Waals surface area contributed by atoms with E-state index >= 15 is 0 Å². The third-order valence-electron chi connectivity index (χ3n) is 3.48. The highest BCUT2D eigenvalue weighted by molar-refractivity contribution is 5.96. The van der Waals surface area contributed by atoms with E-state index in [1.807, 2.05) is 4.90 Å². The summed E-state index contributed by atoms with van der Waals surface area (Å²) in [5, 5.41) is 0. The molecule has 0 saturated carbocycles. The molecule has 0 atom stereocenters. The molecule has 0 spiro atoms. The van der Waals surface area contributed by atoms with Crippen molar-refractivity contribution in [3.63, 3.8) is 0 Å². The number of nitrogens with two attached hydrogens (primary N) is 1. The van der Waals surface area contributed by atoms with Crippen LogP contribution in [0.15, 0.2) is 18.2 Å². The van der Waals surface area contributed by atoms with Gasteiger partial charge >= 0.3 is 0 Å². The van der Waals surface area contributed by atoms with Gasteiger partial charge < -0.3 is 20.4 Å². The van der Waals surface area contributed by atoms with Gasteiger partial charge in [0.05, 0.1) is 17.9 Å². The number of amides is 2. The van der Waals surface area contributed by atoms with E-state index < -0.39 is 0 Å². The van der Waals surface area contributed by atoms with Gasteiger partial charge in [-0.3, -0.25) is 9.59 Å². The Morgan fingerprint density at radius 2 is 2.00 bits per heavy atom. The Bertz CT molecular complexity index is 542. The van der Waals surface area contributed by atoms with Crippen LogP contribution in [0.25, 0.3) is 0 Å². The summed E-state index contributed by atoms with van der Waals surface area (Å²) < 4.78 is 0. The predicted molar refractivity (Wildman–Crippen MR) is 78.7 cm³/mol. The Morgan fingerprint density at radius 3 is 2.60 bits per heavy atom. The first-order valence-electron chi connectivity index (χ1n) is 6.50. The average molecular weight is 276 g/mol. The number of rotatable bonds is 2. The fourth-order valence-corrected chi connectivity index (χ4v) is 2.17. The van der Waals surface area contributed by atoms with Gasteiger partial charge in [0.1, 0.15) is 0 Å². The summed E-state index contributed by atoms with van der Waals surface area (Å²) in [5.41, 5.74) is 7.89. The number of nitrogen functional groups attached to an aromatic ring is 1. The number of carbonyl (C=O) groups is 2. The summed E-state index contributed by atoms with van der Waals surface area (Å²) in [5.74, 6) is -0.0216. The summed E-state index contributed by atoms with van der Waals surface area (Å²) in [6.07, 6.45) is 0. The molecule has 6 heteroatoms. The summed E-state index contributed by atoms with van der Waals surface area (Å²) in [4.78, 5) is 28.9. The van der Waals surface area contributed by atoms with E-state index in [9.17, 15) is 9.59 Å². The van der Waals surface area contributed by atoms with E-state index in [1.165, 1.54) is 4.90 Å². The highest BCUT2D eigenvalue weighted by Gasteiger charge is 2.23. The molecule has 20 heavy (non-hydrogen) atoms. The van der Waals surface area contributed by atoms with E-state index in [2.05, 4.69) is 0 Å². The van der Waals surface area contributed by atoms with Crippen LogP contribution in [0.3, 0.4) is 0 Å². The van der Waals surface area contributed by atoms with Crippen LogP contribution in [0, 0.1) is 0 Å². The lowest BCUT2D eigenvalue weighted by Crippen LogP contribution is -2.48. The lowest BCUT2D eigenvalue weighted by molar-refractivity contribution is -0.129. The minimum Gasteiger partial charge on any atom is -0.397 e. The van der Waals surface area contributed by atoms with Crippen molar-refractivity contribution >= 4 is 23.2 Å². The summed E-state index contributed by atoms with van der Waals surface area (Å²) in [6, 6.07) is 5.18. The summed E-state index contributed by atoms with van der Waals surface area (Å²) in [6.45, 7) is 1.66. The molecule has 2 amide bonds. The van der Waals surface area contributed by atoms with Gasteiger partial charge in [0.25, 0.3) is 5.91 Å². The standard InChI is InChI=1S/C14H20N4O2/c1-16(2)14(20)10-4-5-11(15)12(8-10)18-7-6-17(3)13(19)9-18/h4-5,8H,6-7,9,15H2,1-3H3. The first-order chi connectivity index (χ1) is 9.40. The maximum Gasteiger partial charge on any atom is 0.253 e. The van der Waals surface area contributed by atoms with Gasteiger partial charge in [0, 0.05) is 39.8 Å². The molecule has 1 aromatic rings. The third-order valence-corrected chi connectivity index (χ3v) is 3.48. The second-order valence-corrected chi connectivity index (χ2v) is 5.21. The van der Waals surface area contributed by atoms with Crippen LogP contribution in [-0.2, 0) is 4.79 Å². The van der Waals surface area contributed by atoms with Crippen molar-refractivity contribution in [1.29, 1.82) is 0 Å². The van der Waals surface area contributed by atoms with Gasteiger partial charge in [-0.05, 0) is 18.2 Å². The Labute approximate surface area is 118 Å². The number of hydrogen-bond donors (Lipinski definition) is 1. The predicted octanol–water partition coefficient (Wildman–Crippen LogP) is 0.249. The highest BCUT2D eigenvalue weighted by atomic mass is 16.2. The lowest BCUT2D eigenvalue weighted by Gasteiger charge is -2.34. The maximum absolute atomic E-state index is 12.0. The molecule has 0 aromatic heterocycles. The molecule has 1 saturated heterocycles. The van der Waals surface area contributed by atoms with E-state index in [0.717, 1.165) is 5.69 Å². The molecule has 0 bridgehead atoms.